The van der Waals surface area contributed by atoms with Crippen LogP contribution in [-0.2, 0) is 0 Å². The van der Waals surface area contributed by atoms with Crippen LogP contribution in [0.2, 0.25) is 5.02 Å². The summed E-state index contributed by atoms with van der Waals surface area (Å²) in [4.78, 5) is 2.35. The van der Waals surface area contributed by atoms with Crippen molar-refractivity contribution in [2.45, 2.75) is 25.3 Å². The second kappa shape index (κ2) is 5.60. The molecule has 100 valence electrons. The molecule has 1 N–H and O–H groups in total. The minimum absolute atomic E-state index is 0.381. The Balaban J connectivity index is 2.30. The van der Waals surface area contributed by atoms with Gasteiger partial charge in [-0.2, -0.15) is 0 Å². The molecule has 0 bridgehead atoms. The maximum absolute atomic E-state index is 5.99. The van der Waals surface area contributed by atoms with Crippen LogP contribution in [0.25, 0.3) is 0 Å². The molecule has 1 aliphatic carbocycles. The molecule has 0 spiro atoms. The van der Waals surface area contributed by atoms with Gasteiger partial charge in [0.2, 0.25) is 0 Å². The van der Waals surface area contributed by atoms with Crippen LogP contribution < -0.4 is 5.32 Å². The first-order valence-corrected chi connectivity index (χ1v) is 7.03. The number of benzene rings is 1. The summed E-state index contributed by atoms with van der Waals surface area (Å²) >= 11 is 5.99. The number of halogens is 1. The molecule has 1 saturated carbocycles. The molecule has 0 heterocycles. The van der Waals surface area contributed by atoms with E-state index in [2.05, 4.69) is 43.5 Å². The summed E-state index contributed by atoms with van der Waals surface area (Å²) in [5.41, 5.74) is 1.76. The van der Waals surface area contributed by atoms with E-state index in [1.165, 1.54) is 24.8 Å². The van der Waals surface area contributed by atoms with E-state index in [9.17, 15) is 0 Å². The van der Waals surface area contributed by atoms with Crippen molar-refractivity contribution in [1.82, 2.24) is 10.2 Å². The predicted octanol–water partition coefficient (Wildman–Crippen LogP) is 3.33. The van der Waals surface area contributed by atoms with Gasteiger partial charge in [0.1, 0.15) is 0 Å². The van der Waals surface area contributed by atoms with Gasteiger partial charge >= 0.3 is 0 Å². The second-order valence-corrected chi connectivity index (χ2v) is 6.10. The normalized spacial score (nSPS) is 19.6. The van der Waals surface area contributed by atoms with Crippen molar-refractivity contribution in [3.63, 3.8) is 0 Å². The lowest BCUT2D eigenvalue weighted by Gasteiger charge is -2.50. The summed E-state index contributed by atoms with van der Waals surface area (Å²) in [7, 11) is 6.40. The van der Waals surface area contributed by atoms with Gasteiger partial charge in [-0.1, -0.05) is 30.2 Å². The number of rotatable bonds is 5. The highest BCUT2D eigenvalue weighted by atomic mass is 35.5. The summed E-state index contributed by atoms with van der Waals surface area (Å²) in [5, 5.41) is 4.19. The molecule has 18 heavy (non-hydrogen) atoms. The van der Waals surface area contributed by atoms with Gasteiger partial charge in [0.25, 0.3) is 0 Å². The van der Waals surface area contributed by atoms with E-state index in [0.717, 1.165) is 11.6 Å². The Morgan fingerprint density at radius 3 is 2.28 bits per heavy atom. The number of hydrogen-bond donors (Lipinski definition) is 1. The number of nitrogens with one attached hydrogen (secondary N) is 1. The molecule has 2 nitrogen and oxygen atoms in total. The first-order chi connectivity index (χ1) is 8.59. The second-order valence-electron chi connectivity index (χ2n) is 5.66. The van der Waals surface area contributed by atoms with E-state index in [1.54, 1.807) is 0 Å². The molecule has 2 rings (SSSR count). The molecule has 1 atom stereocenters. The van der Waals surface area contributed by atoms with Crippen molar-refractivity contribution in [3.05, 3.63) is 34.9 Å². The lowest BCUT2D eigenvalue weighted by atomic mass is 9.62. The molecule has 1 aliphatic rings. The van der Waals surface area contributed by atoms with Crippen LogP contribution in [0.3, 0.4) is 0 Å². The topological polar surface area (TPSA) is 15.3 Å². The van der Waals surface area contributed by atoms with Crippen molar-refractivity contribution in [2.75, 3.05) is 27.7 Å². The van der Waals surface area contributed by atoms with E-state index in [0.29, 0.717) is 11.5 Å². The Labute approximate surface area is 115 Å². The lowest BCUT2D eigenvalue weighted by Crippen LogP contribution is -2.48. The molecule has 0 aromatic heterocycles. The Bertz CT molecular complexity index is 382. The van der Waals surface area contributed by atoms with Crippen LogP contribution in [0.1, 0.15) is 30.9 Å². The van der Waals surface area contributed by atoms with Crippen LogP contribution in [0, 0.1) is 5.41 Å². The van der Waals surface area contributed by atoms with E-state index in [1.807, 2.05) is 12.1 Å². The SMILES string of the molecule is CNCC1(C(c2ccc(Cl)cc2)N(C)C)CCC1. The average molecular weight is 267 g/mol. The first-order valence-electron chi connectivity index (χ1n) is 6.65. The van der Waals surface area contributed by atoms with Crippen LogP contribution in [0.15, 0.2) is 24.3 Å². The summed E-state index contributed by atoms with van der Waals surface area (Å²) in [6.45, 7) is 1.08. The third-order valence-electron chi connectivity index (χ3n) is 4.16. The smallest absolute Gasteiger partial charge is 0.0410 e. The molecular weight excluding hydrogens is 244 g/mol. The highest BCUT2D eigenvalue weighted by Crippen LogP contribution is 2.51. The monoisotopic (exact) mass is 266 g/mol. The van der Waals surface area contributed by atoms with Gasteiger partial charge < -0.3 is 10.2 Å². The fraction of sp³-hybridized carbons (Fsp3) is 0.600. The molecule has 0 radical (unpaired) electrons. The predicted molar refractivity (Wildman–Crippen MR) is 78.1 cm³/mol. The fourth-order valence-corrected chi connectivity index (χ4v) is 3.50. The van der Waals surface area contributed by atoms with Gasteiger partial charge in [-0.25, -0.2) is 0 Å². The summed E-state index contributed by atoms with van der Waals surface area (Å²) < 4.78 is 0. The molecule has 1 aromatic rings. The van der Waals surface area contributed by atoms with Crippen LogP contribution in [0.5, 0.6) is 0 Å². The van der Waals surface area contributed by atoms with E-state index < -0.39 is 0 Å². The highest BCUT2D eigenvalue weighted by Gasteiger charge is 2.45. The maximum atomic E-state index is 5.99. The molecule has 0 saturated heterocycles. The van der Waals surface area contributed by atoms with E-state index in [4.69, 9.17) is 11.6 Å². The van der Waals surface area contributed by atoms with Crippen LogP contribution in [0.4, 0.5) is 0 Å². The zero-order valence-corrected chi connectivity index (χ0v) is 12.3. The van der Waals surface area contributed by atoms with E-state index >= 15 is 0 Å². The zero-order chi connectivity index (χ0) is 13.2. The Morgan fingerprint density at radius 1 is 1.28 bits per heavy atom. The highest BCUT2D eigenvalue weighted by molar-refractivity contribution is 6.30. The molecule has 1 aromatic carbocycles. The largest absolute Gasteiger partial charge is 0.319 e. The summed E-state index contributed by atoms with van der Waals surface area (Å²) in [5.74, 6) is 0. The first kappa shape index (κ1) is 13.9. The minimum Gasteiger partial charge on any atom is -0.319 e. The quantitative estimate of drug-likeness (QED) is 0.880. The lowest BCUT2D eigenvalue weighted by molar-refractivity contribution is 0.0216. The number of hydrogen-bond acceptors (Lipinski definition) is 2. The Hall–Kier alpha value is -0.570. The third-order valence-corrected chi connectivity index (χ3v) is 4.41. The van der Waals surface area contributed by atoms with Crippen molar-refractivity contribution in [1.29, 1.82) is 0 Å². The van der Waals surface area contributed by atoms with Crippen LogP contribution >= 0.6 is 11.6 Å². The molecular formula is C15H23ClN2. The molecule has 1 fully saturated rings. The molecule has 3 heteroatoms. The van der Waals surface area contributed by atoms with Gasteiger partial charge in [0, 0.05) is 23.0 Å². The van der Waals surface area contributed by atoms with E-state index in [-0.39, 0.29) is 0 Å². The number of nitrogens with zero attached hydrogens (tertiary/aromatic N) is 1. The van der Waals surface area contributed by atoms with Gasteiger partial charge in [0.05, 0.1) is 0 Å². The Morgan fingerprint density at radius 2 is 1.89 bits per heavy atom. The zero-order valence-electron chi connectivity index (χ0n) is 11.5. The average Bonchev–Trinajstić information content (AvgIpc) is 2.28. The van der Waals surface area contributed by atoms with Gasteiger partial charge in [-0.05, 0) is 51.7 Å². The van der Waals surface area contributed by atoms with Gasteiger partial charge in [-0.15, -0.1) is 0 Å². The minimum atomic E-state index is 0.381. The fourth-order valence-electron chi connectivity index (χ4n) is 3.37. The summed E-state index contributed by atoms with van der Waals surface area (Å²) in [6.07, 6.45) is 3.96. The summed E-state index contributed by atoms with van der Waals surface area (Å²) in [6, 6.07) is 8.81. The van der Waals surface area contributed by atoms with Crippen molar-refractivity contribution < 1.29 is 0 Å². The van der Waals surface area contributed by atoms with Crippen molar-refractivity contribution >= 4 is 11.6 Å². The molecule has 0 amide bonds. The van der Waals surface area contributed by atoms with Crippen LogP contribution in [-0.4, -0.2) is 32.6 Å². The third kappa shape index (κ3) is 2.56. The maximum Gasteiger partial charge on any atom is 0.0410 e. The standard InChI is InChI=1S/C15H23ClN2/c1-17-11-15(9-4-10-15)14(18(2)3)12-5-7-13(16)8-6-12/h5-8,14,17H,4,9-11H2,1-3H3. The van der Waals surface area contributed by atoms with Gasteiger partial charge in [0.15, 0.2) is 0 Å². The van der Waals surface area contributed by atoms with Gasteiger partial charge in [-0.3, -0.25) is 0 Å². The van der Waals surface area contributed by atoms with Crippen molar-refractivity contribution in [3.8, 4) is 0 Å². The van der Waals surface area contributed by atoms with Crippen molar-refractivity contribution in [2.24, 2.45) is 5.41 Å². The molecule has 1 unspecified atom stereocenters. The Kier molecular flexibility index (Phi) is 4.31. The molecule has 0 aliphatic heterocycles.